The second-order valence-electron chi connectivity index (χ2n) is 11.0. The van der Waals surface area contributed by atoms with Crippen LogP contribution >= 0.6 is 11.6 Å². The Labute approximate surface area is 304 Å². The van der Waals surface area contributed by atoms with Crippen molar-refractivity contribution in [3.63, 3.8) is 0 Å². The van der Waals surface area contributed by atoms with E-state index < -0.39 is 36.4 Å². The highest BCUT2D eigenvalue weighted by Gasteiger charge is 2.54. The number of anilines is 5. The third kappa shape index (κ3) is 12.3. The number of Topliss-reactive ketones (excluding diaryl/α,β-unsaturated/α-hetero) is 2. The topological polar surface area (TPSA) is 151 Å². The van der Waals surface area contributed by atoms with Crippen molar-refractivity contribution < 1.29 is 58.6 Å². The number of hydrogen-bond donors (Lipinski definition) is 3. The number of nitrogens with one attached hydrogen (secondary N) is 3. The maximum Gasteiger partial charge on any atom is 0.458 e. The fourth-order valence-corrected chi connectivity index (χ4v) is 4.70. The van der Waals surface area contributed by atoms with Crippen LogP contribution in [0, 0.1) is 0 Å². The number of halogens is 10. The normalized spacial score (nSPS) is 14.2. The number of aromatic nitrogens is 4. The summed E-state index contributed by atoms with van der Waals surface area (Å²) >= 11 is 6.37. The molecule has 0 unspecified atom stereocenters. The second kappa shape index (κ2) is 17.5. The molecule has 0 atom stereocenters. The third-order valence-corrected chi connectivity index (χ3v) is 7.25. The summed E-state index contributed by atoms with van der Waals surface area (Å²) in [5, 5.41) is 10.4. The van der Waals surface area contributed by atoms with Gasteiger partial charge in [0.25, 0.3) is 0 Å². The Balaban J connectivity index is 0.000000301. The fourth-order valence-electron chi connectivity index (χ4n) is 4.56. The van der Waals surface area contributed by atoms with E-state index in [1.807, 2.05) is 42.7 Å². The van der Waals surface area contributed by atoms with Crippen LogP contribution in [0.3, 0.4) is 0 Å². The van der Waals surface area contributed by atoms with Crippen LogP contribution in [-0.4, -0.2) is 89.1 Å². The van der Waals surface area contributed by atoms with Gasteiger partial charge >= 0.3 is 30.1 Å². The molecule has 0 amide bonds. The molecule has 0 saturated carbocycles. The highest BCUT2D eigenvalue weighted by Crippen LogP contribution is 2.30. The van der Waals surface area contributed by atoms with E-state index in [1.165, 1.54) is 0 Å². The number of carbonyl (C=O) groups excluding carboxylic acids is 3. The van der Waals surface area contributed by atoms with Gasteiger partial charge in [-0.05, 0) is 35.4 Å². The minimum atomic E-state index is -5.77. The van der Waals surface area contributed by atoms with Crippen LogP contribution in [0.1, 0.15) is 5.56 Å². The van der Waals surface area contributed by atoms with Gasteiger partial charge in [-0.25, -0.2) is 15.0 Å². The first-order valence-electron chi connectivity index (χ1n) is 15.3. The van der Waals surface area contributed by atoms with E-state index in [1.54, 1.807) is 6.20 Å². The molecule has 6 rings (SSSR count). The van der Waals surface area contributed by atoms with Crippen LogP contribution < -0.4 is 25.6 Å². The van der Waals surface area contributed by atoms with Gasteiger partial charge in [-0.3, -0.25) is 14.4 Å². The Morgan fingerprint density at radius 2 is 1.43 bits per heavy atom. The number of benzene rings is 2. The molecule has 2 aliphatic rings. The number of piperazine rings is 1. The molecule has 22 heteroatoms. The van der Waals surface area contributed by atoms with Gasteiger partial charge in [0.1, 0.15) is 10.8 Å². The first-order valence-corrected chi connectivity index (χ1v) is 15.7. The summed E-state index contributed by atoms with van der Waals surface area (Å²) in [6, 6.07) is 14.0. The summed E-state index contributed by atoms with van der Waals surface area (Å²) in [5.41, 5.74) is 4.75. The van der Waals surface area contributed by atoms with Gasteiger partial charge in [0, 0.05) is 68.0 Å². The van der Waals surface area contributed by atoms with E-state index in [-0.39, 0.29) is 0 Å². The molecule has 12 nitrogen and oxygen atoms in total. The zero-order valence-corrected chi connectivity index (χ0v) is 28.0. The highest BCUT2D eigenvalue weighted by molar-refractivity contribution is 6.41. The van der Waals surface area contributed by atoms with Gasteiger partial charge in [-0.2, -0.15) is 44.5 Å². The van der Waals surface area contributed by atoms with Crippen molar-refractivity contribution in [3.8, 4) is 16.9 Å². The number of hydrogen-bond acceptors (Lipinski definition) is 12. The van der Waals surface area contributed by atoms with Crippen molar-refractivity contribution in [1.29, 1.82) is 0 Å². The Hall–Kier alpha value is -5.57. The number of aldehydes is 1. The van der Waals surface area contributed by atoms with Gasteiger partial charge in [0.05, 0.1) is 12.8 Å². The molecule has 6 bridgehead atoms. The number of nitrogens with zero attached hydrogens (tertiary/aromatic N) is 5. The zero-order chi connectivity index (χ0) is 39.7. The molecule has 288 valence electrons. The molecule has 4 heterocycles. The predicted octanol–water partition coefficient (Wildman–Crippen LogP) is 6.42. The van der Waals surface area contributed by atoms with Crippen LogP contribution in [0.25, 0.3) is 11.1 Å². The van der Waals surface area contributed by atoms with Crippen LogP contribution in [0.4, 0.5) is 68.6 Å². The number of carbonyl (C=O) groups is 3. The van der Waals surface area contributed by atoms with Crippen LogP contribution in [-0.2, 0) is 20.8 Å². The first-order chi connectivity index (χ1) is 25.3. The van der Waals surface area contributed by atoms with E-state index in [9.17, 15) is 49.1 Å². The van der Waals surface area contributed by atoms with Crippen molar-refractivity contribution in [1.82, 2.24) is 25.3 Å². The molecular weight excluding hydrogens is 767 g/mol. The van der Waals surface area contributed by atoms with E-state index in [0.29, 0.717) is 23.4 Å². The van der Waals surface area contributed by atoms with E-state index >= 15 is 0 Å². The van der Waals surface area contributed by atoms with Crippen molar-refractivity contribution in [2.75, 3.05) is 48.3 Å². The Bertz CT molecular complexity index is 1920. The van der Waals surface area contributed by atoms with Gasteiger partial charge < -0.3 is 25.6 Å². The van der Waals surface area contributed by atoms with Crippen molar-refractivity contribution in [3.05, 3.63) is 71.6 Å². The van der Waals surface area contributed by atoms with Gasteiger partial charge in [0.2, 0.25) is 18.2 Å². The molecule has 3 N–H and O–H groups in total. The van der Waals surface area contributed by atoms with Crippen molar-refractivity contribution in [2.24, 2.45) is 0 Å². The third-order valence-electron chi connectivity index (χ3n) is 6.98. The smallest absolute Gasteiger partial charge is 0.458 e. The first kappa shape index (κ1) is 41.2. The minimum absolute atomic E-state index is 0.426. The fraction of sp³-hybridized carbons (Fsp3) is 0.281. The number of ketones is 2. The number of alkyl halides is 9. The molecule has 1 saturated heterocycles. The molecule has 54 heavy (non-hydrogen) atoms. The van der Waals surface area contributed by atoms with E-state index in [0.717, 1.165) is 72.4 Å². The lowest BCUT2D eigenvalue weighted by Gasteiger charge is -2.27. The maximum atomic E-state index is 11.2. The lowest BCUT2D eigenvalue weighted by Crippen LogP contribution is -2.44. The molecular formula is C32H26ClF9N8O4. The predicted molar refractivity (Wildman–Crippen MR) is 176 cm³/mol. The van der Waals surface area contributed by atoms with Gasteiger partial charge in [-0.1, -0.05) is 23.7 Å². The molecule has 0 aliphatic carbocycles. The second-order valence-corrected chi connectivity index (χ2v) is 11.4. The van der Waals surface area contributed by atoms with Gasteiger partial charge in [0.15, 0.2) is 5.82 Å². The monoisotopic (exact) mass is 792 g/mol. The summed E-state index contributed by atoms with van der Waals surface area (Å²) in [5.74, 6) is -4.33. The molecule has 2 aromatic heterocycles. The van der Waals surface area contributed by atoms with Crippen LogP contribution in [0.2, 0.25) is 5.02 Å². The minimum Gasteiger partial charge on any atom is -0.493 e. The molecule has 1 fully saturated rings. The lowest BCUT2D eigenvalue weighted by molar-refractivity contribution is -0.193. The van der Waals surface area contributed by atoms with E-state index in [4.69, 9.17) is 21.1 Å². The summed E-state index contributed by atoms with van der Waals surface area (Å²) in [7, 11) is 0. The Kier molecular flexibility index (Phi) is 13.4. The average Bonchev–Trinajstić information content (AvgIpc) is 3.12. The summed E-state index contributed by atoms with van der Waals surface area (Å²) < 4.78 is 104. The quantitative estimate of drug-likeness (QED) is 0.119. The van der Waals surface area contributed by atoms with Crippen molar-refractivity contribution in [2.45, 2.75) is 24.9 Å². The lowest BCUT2D eigenvalue weighted by atomic mass is 10.0. The number of ether oxygens (including phenoxy) is 1. The largest absolute Gasteiger partial charge is 0.493 e. The molecule has 4 aromatic rings. The van der Waals surface area contributed by atoms with E-state index in [2.05, 4.69) is 52.9 Å². The summed E-state index contributed by atoms with van der Waals surface area (Å²) in [4.78, 5) is 48.4. The number of rotatable bonds is 3. The van der Waals surface area contributed by atoms with Gasteiger partial charge in [-0.15, -0.1) is 0 Å². The summed E-state index contributed by atoms with van der Waals surface area (Å²) in [6.45, 7) is 4.23. The molecule has 0 radical (unpaired) electrons. The highest BCUT2D eigenvalue weighted by atomic mass is 35.5. The average molecular weight is 793 g/mol. The Morgan fingerprint density at radius 1 is 0.796 bits per heavy atom. The SMILES string of the molecule is Clc1cnc2nc1Nc1cccc(c1)OCCc1cc(cc(-c3cnc(N4CCNCC4)nc3)c1)N2.O=C(C(=O)C(F)(F)F)C(F)(F)F.O=CC(F)(F)F. The van der Waals surface area contributed by atoms with Crippen molar-refractivity contribution >= 4 is 58.5 Å². The number of fused-ring (bicyclic) bond motifs is 6. The van der Waals surface area contributed by atoms with Crippen LogP contribution in [0.5, 0.6) is 5.75 Å². The molecule has 2 aromatic carbocycles. The standard InChI is InChI=1S/C26H25ClN8O.C4F6O2.C2HF3O/c27-23-16-29-25-33-21-11-17(4-9-36-22-3-1-2-20(13-22)32-24(23)34-25)10-18(12-21)19-14-30-26(31-15-19)35-7-5-28-6-8-35;5-3(6,7)1(11)2(12)4(8,9)10;3-2(4,5)1-6/h1-3,10-16,28H,4-9H2,(H2,29,32,33,34);;1H. The molecule has 0 spiro atoms. The maximum absolute atomic E-state index is 11.2. The summed E-state index contributed by atoms with van der Waals surface area (Å²) in [6.07, 6.45) is -11.2. The zero-order valence-electron chi connectivity index (χ0n) is 27.2. The van der Waals surface area contributed by atoms with Crippen LogP contribution in [0.15, 0.2) is 61.1 Å². The Morgan fingerprint density at radius 3 is 2.02 bits per heavy atom. The molecule has 2 aliphatic heterocycles.